The minimum absolute atomic E-state index is 0.200. The zero-order chi connectivity index (χ0) is 13.5. The van der Waals surface area contributed by atoms with E-state index >= 15 is 0 Å². The molecule has 0 heterocycles. The quantitative estimate of drug-likeness (QED) is 0.626. The summed E-state index contributed by atoms with van der Waals surface area (Å²) in [6.07, 6.45) is 0. The Hall–Kier alpha value is -1.40. The Morgan fingerprint density at radius 2 is 2.22 bits per heavy atom. The summed E-state index contributed by atoms with van der Waals surface area (Å²) < 4.78 is 5.58. The van der Waals surface area contributed by atoms with Crippen LogP contribution in [0.5, 0.6) is 0 Å². The highest BCUT2D eigenvalue weighted by molar-refractivity contribution is 9.10. The van der Waals surface area contributed by atoms with Gasteiger partial charge in [-0.1, -0.05) is 28.1 Å². The Morgan fingerprint density at radius 1 is 1.50 bits per heavy atom. The lowest BCUT2D eigenvalue weighted by atomic mass is 10.2. The van der Waals surface area contributed by atoms with E-state index in [1.165, 1.54) is 0 Å². The Balaban J connectivity index is 2.48. The average Bonchev–Trinajstić information content (AvgIpc) is 2.35. The van der Waals surface area contributed by atoms with Gasteiger partial charge in [-0.2, -0.15) is 0 Å². The van der Waals surface area contributed by atoms with Crippen LogP contribution in [0, 0.1) is 0 Å². The van der Waals surface area contributed by atoms with Gasteiger partial charge in [-0.3, -0.25) is 4.79 Å². The molecule has 5 nitrogen and oxygen atoms in total. The Morgan fingerprint density at radius 3 is 2.83 bits per heavy atom. The van der Waals surface area contributed by atoms with Crippen molar-refractivity contribution in [1.29, 1.82) is 0 Å². The molecule has 1 rings (SSSR count). The van der Waals surface area contributed by atoms with E-state index in [4.69, 9.17) is 5.73 Å². The molecule has 3 N–H and O–H groups in total. The van der Waals surface area contributed by atoms with Crippen molar-refractivity contribution >= 4 is 27.8 Å². The summed E-state index contributed by atoms with van der Waals surface area (Å²) in [7, 11) is 0. The molecule has 98 valence electrons. The molecule has 0 fully saturated rings. The standard InChI is InChI=1S/C12H15BrN2O3/c1-2-18-12(17)10(14)11(16)15-7-8-4-3-5-9(13)6-8/h3-6,10H,2,7,14H2,1H3,(H,15,16). The smallest absolute Gasteiger partial charge is 0.332 e. The van der Waals surface area contributed by atoms with Crippen molar-refractivity contribution in [3.8, 4) is 0 Å². The van der Waals surface area contributed by atoms with E-state index in [2.05, 4.69) is 26.0 Å². The number of hydrogen-bond donors (Lipinski definition) is 2. The van der Waals surface area contributed by atoms with Crippen LogP contribution in [0.4, 0.5) is 0 Å². The second-order valence-corrected chi connectivity index (χ2v) is 4.49. The van der Waals surface area contributed by atoms with E-state index in [0.717, 1.165) is 10.0 Å². The molecule has 1 amide bonds. The largest absolute Gasteiger partial charge is 0.464 e. The highest BCUT2D eigenvalue weighted by Gasteiger charge is 2.22. The number of halogens is 1. The summed E-state index contributed by atoms with van der Waals surface area (Å²) in [6, 6.07) is 6.20. The Kier molecular flexibility index (Phi) is 5.80. The molecule has 0 saturated heterocycles. The van der Waals surface area contributed by atoms with Crippen LogP contribution >= 0.6 is 15.9 Å². The topological polar surface area (TPSA) is 81.4 Å². The number of benzene rings is 1. The summed E-state index contributed by atoms with van der Waals surface area (Å²) in [5.41, 5.74) is 6.36. The zero-order valence-electron chi connectivity index (χ0n) is 9.98. The van der Waals surface area contributed by atoms with Crippen molar-refractivity contribution in [3.63, 3.8) is 0 Å². The van der Waals surface area contributed by atoms with Gasteiger partial charge in [0.15, 0.2) is 6.04 Å². The number of nitrogens with one attached hydrogen (secondary N) is 1. The fourth-order valence-electron chi connectivity index (χ4n) is 1.29. The number of nitrogens with two attached hydrogens (primary N) is 1. The molecule has 0 aromatic heterocycles. The molecule has 0 aliphatic heterocycles. The number of rotatable bonds is 5. The van der Waals surface area contributed by atoms with Crippen LogP contribution in [0.2, 0.25) is 0 Å². The maximum atomic E-state index is 11.6. The van der Waals surface area contributed by atoms with Gasteiger partial charge in [-0.25, -0.2) is 4.79 Å². The molecule has 6 heteroatoms. The van der Waals surface area contributed by atoms with Crippen LogP contribution in [0.25, 0.3) is 0 Å². The van der Waals surface area contributed by atoms with Gasteiger partial charge in [0.2, 0.25) is 5.91 Å². The van der Waals surface area contributed by atoms with Crippen molar-refractivity contribution < 1.29 is 14.3 Å². The summed E-state index contributed by atoms with van der Waals surface area (Å²) in [4.78, 5) is 22.8. The third-order valence-electron chi connectivity index (χ3n) is 2.18. The SMILES string of the molecule is CCOC(=O)C(N)C(=O)NCc1cccc(Br)c1. The van der Waals surface area contributed by atoms with Crippen molar-refractivity contribution in [1.82, 2.24) is 5.32 Å². The van der Waals surface area contributed by atoms with Crippen LogP contribution in [0.1, 0.15) is 12.5 Å². The maximum absolute atomic E-state index is 11.6. The van der Waals surface area contributed by atoms with E-state index in [1.54, 1.807) is 6.92 Å². The number of carbonyl (C=O) groups is 2. The Labute approximate surface area is 114 Å². The van der Waals surface area contributed by atoms with Gasteiger partial charge in [0.05, 0.1) is 6.61 Å². The van der Waals surface area contributed by atoms with E-state index in [1.807, 2.05) is 24.3 Å². The molecule has 18 heavy (non-hydrogen) atoms. The predicted octanol–water partition coefficient (Wildman–Crippen LogP) is 0.956. The number of carbonyl (C=O) groups excluding carboxylic acids is 2. The summed E-state index contributed by atoms with van der Waals surface area (Å²) in [5.74, 6) is -1.27. The van der Waals surface area contributed by atoms with E-state index in [9.17, 15) is 9.59 Å². The first-order valence-corrected chi connectivity index (χ1v) is 6.28. The van der Waals surface area contributed by atoms with Crippen LogP contribution in [-0.2, 0) is 20.9 Å². The van der Waals surface area contributed by atoms with Crippen LogP contribution in [-0.4, -0.2) is 24.5 Å². The molecular formula is C12H15BrN2O3. The van der Waals surface area contributed by atoms with Crippen LogP contribution in [0.15, 0.2) is 28.7 Å². The number of esters is 1. The second kappa shape index (κ2) is 7.13. The van der Waals surface area contributed by atoms with Crippen LogP contribution < -0.4 is 11.1 Å². The van der Waals surface area contributed by atoms with E-state index < -0.39 is 17.9 Å². The maximum Gasteiger partial charge on any atom is 0.332 e. The van der Waals surface area contributed by atoms with E-state index in [-0.39, 0.29) is 6.61 Å². The molecule has 1 aromatic rings. The third-order valence-corrected chi connectivity index (χ3v) is 2.67. The fourth-order valence-corrected chi connectivity index (χ4v) is 1.73. The fraction of sp³-hybridized carbons (Fsp3) is 0.333. The molecule has 0 aliphatic rings. The molecular weight excluding hydrogens is 300 g/mol. The zero-order valence-corrected chi connectivity index (χ0v) is 11.6. The van der Waals surface area contributed by atoms with Gasteiger partial charge in [0, 0.05) is 11.0 Å². The molecule has 0 radical (unpaired) electrons. The third kappa shape index (κ3) is 4.46. The lowest BCUT2D eigenvalue weighted by Gasteiger charge is -2.11. The molecule has 0 aliphatic carbocycles. The highest BCUT2D eigenvalue weighted by Crippen LogP contribution is 2.11. The van der Waals surface area contributed by atoms with Crippen molar-refractivity contribution in [3.05, 3.63) is 34.3 Å². The van der Waals surface area contributed by atoms with Gasteiger partial charge in [0.25, 0.3) is 0 Å². The molecule has 0 bridgehead atoms. The van der Waals surface area contributed by atoms with Crippen molar-refractivity contribution in [2.45, 2.75) is 19.5 Å². The van der Waals surface area contributed by atoms with Gasteiger partial charge in [-0.05, 0) is 24.6 Å². The van der Waals surface area contributed by atoms with Crippen molar-refractivity contribution in [2.24, 2.45) is 5.73 Å². The lowest BCUT2D eigenvalue weighted by molar-refractivity contribution is -0.148. The first kappa shape index (κ1) is 14.7. The minimum atomic E-state index is -1.28. The Bertz CT molecular complexity index is 437. The highest BCUT2D eigenvalue weighted by atomic mass is 79.9. The monoisotopic (exact) mass is 314 g/mol. The summed E-state index contributed by atoms with van der Waals surface area (Å²) in [5, 5.41) is 2.58. The van der Waals surface area contributed by atoms with Crippen molar-refractivity contribution in [2.75, 3.05) is 6.61 Å². The summed E-state index contributed by atoms with van der Waals surface area (Å²) >= 11 is 3.33. The van der Waals surface area contributed by atoms with Gasteiger partial charge < -0.3 is 15.8 Å². The first-order chi connectivity index (χ1) is 8.54. The molecule has 1 atom stereocenters. The van der Waals surface area contributed by atoms with Gasteiger partial charge >= 0.3 is 5.97 Å². The minimum Gasteiger partial charge on any atom is -0.464 e. The molecule has 0 saturated carbocycles. The average molecular weight is 315 g/mol. The van der Waals surface area contributed by atoms with E-state index in [0.29, 0.717) is 6.54 Å². The first-order valence-electron chi connectivity index (χ1n) is 5.49. The number of hydrogen-bond acceptors (Lipinski definition) is 4. The normalized spacial score (nSPS) is 11.7. The van der Waals surface area contributed by atoms with Gasteiger partial charge in [-0.15, -0.1) is 0 Å². The van der Waals surface area contributed by atoms with Crippen LogP contribution in [0.3, 0.4) is 0 Å². The number of ether oxygens (including phenoxy) is 1. The molecule has 1 unspecified atom stereocenters. The predicted molar refractivity (Wildman–Crippen MR) is 70.6 cm³/mol. The lowest BCUT2D eigenvalue weighted by Crippen LogP contribution is -2.46. The summed E-state index contributed by atoms with van der Waals surface area (Å²) in [6.45, 7) is 2.17. The second-order valence-electron chi connectivity index (χ2n) is 3.58. The number of amides is 1. The molecule has 0 spiro atoms. The van der Waals surface area contributed by atoms with Gasteiger partial charge in [0.1, 0.15) is 0 Å². The molecule has 1 aromatic carbocycles.